The first kappa shape index (κ1) is 17.3. The molecule has 1 saturated heterocycles. The first-order valence-electron chi connectivity index (χ1n) is 9.10. The van der Waals surface area contributed by atoms with Gasteiger partial charge in [-0.25, -0.2) is 4.98 Å². The summed E-state index contributed by atoms with van der Waals surface area (Å²) in [4.78, 5) is 19.6. The van der Waals surface area contributed by atoms with Crippen LogP contribution in [0.3, 0.4) is 0 Å². The summed E-state index contributed by atoms with van der Waals surface area (Å²) in [7, 11) is 3.24. The molecule has 3 aromatic rings. The number of para-hydroxylation sites is 1. The van der Waals surface area contributed by atoms with Crippen LogP contribution in [0.2, 0.25) is 0 Å². The van der Waals surface area contributed by atoms with Crippen molar-refractivity contribution in [2.75, 3.05) is 20.8 Å². The van der Waals surface area contributed by atoms with Gasteiger partial charge in [0.05, 0.1) is 25.8 Å². The lowest BCUT2D eigenvalue weighted by atomic mass is 10.0. The molecule has 5 heteroatoms. The third-order valence-corrected chi connectivity index (χ3v) is 5.12. The van der Waals surface area contributed by atoms with Gasteiger partial charge in [0.1, 0.15) is 5.69 Å². The van der Waals surface area contributed by atoms with Crippen LogP contribution < -0.4 is 9.47 Å². The Morgan fingerprint density at radius 3 is 2.67 bits per heavy atom. The highest BCUT2D eigenvalue weighted by atomic mass is 16.5. The van der Waals surface area contributed by atoms with Gasteiger partial charge < -0.3 is 14.4 Å². The third kappa shape index (κ3) is 3.21. The molecule has 1 fully saturated rings. The van der Waals surface area contributed by atoms with Crippen LogP contribution in [0.25, 0.3) is 10.9 Å². The second-order valence-corrected chi connectivity index (χ2v) is 6.66. The number of nitrogens with zero attached hydrogens (tertiary/aromatic N) is 2. The van der Waals surface area contributed by atoms with Gasteiger partial charge in [-0.15, -0.1) is 0 Å². The number of pyridine rings is 1. The van der Waals surface area contributed by atoms with Crippen molar-refractivity contribution in [1.29, 1.82) is 0 Å². The number of amides is 1. The zero-order chi connectivity index (χ0) is 18.8. The van der Waals surface area contributed by atoms with Crippen LogP contribution in [0, 0.1) is 0 Å². The van der Waals surface area contributed by atoms with E-state index in [4.69, 9.17) is 9.47 Å². The normalized spacial score (nSPS) is 16.5. The zero-order valence-corrected chi connectivity index (χ0v) is 15.5. The predicted octanol–water partition coefficient (Wildman–Crippen LogP) is 4.23. The molecule has 0 saturated carbocycles. The third-order valence-electron chi connectivity index (χ3n) is 5.12. The first-order chi connectivity index (χ1) is 13.2. The Bertz CT molecular complexity index is 986. The number of rotatable bonds is 4. The van der Waals surface area contributed by atoms with Crippen LogP contribution in [0.1, 0.15) is 34.9 Å². The molecular formula is C22H22N2O3. The molecule has 138 valence electrons. The Labute approximate surface area is 158 Å². The average molecular weight is 362 g/mol. The summed E-state index contributed by atoms with van der Waals surface area (Å²) in [5.41, 5.74) is 2.38. The minimum Gasteiger partial charge on any atom is -0.493 e. The molecule has 0 aliphatic carbocycles. The van der Waals surface area contributed by atoms with E-state index in [0.717, 1.165) is 35.9 Å². The molecule has 0 bridgehead atoms. The van der Waals surface area contributed by atoms with Gasteiger partial charge >= 0.3 is 0 Å². The van der Waals surface area contributed by atoms with Gasteiger partial charge in [0.25, 0.3) is 5.91 Å². The SMILES string of the molecule is COc1ccc([C@H]2CCCN2C(=O)c2ccc3ccccc3n2)cc1OC. The van der Waals surface area contributed by atoms with Gasteiger partial charge in [0.15, 0.2) is 11.5 Å². The van der Waals surface area contributed by atoms with Gasteiger partial charge in [-0.1, -0.05) is 30.3 Å². The molecule has 5 nitrogen and oxygen atoms in total. The second-order valence-electron chi connectivity index (χ2n) is 6.66. The maximum atomic E-state index is 13.2. The van der Waals surface area contributed by atoms with Crippen molar-refractivity contribution in [3.8, 4) is 11.5 Å². The number of likely N-dealkylation sites (tertiary alicyclic amines) is 1. The predicted molar refractivity (Wildman–Crippen MR) is 104 cm³/mol. The molecule has 1 aliphatic rings. The Kier molecular flexibility index (Phi) is 4.67. The maximum Gasteiger partial charge on any atom is 0.272 e. The fraction of sp³-hybridized carbons (Fsp3) is 0.273. The minimum atomic E-state index is -0.0296. The largest absolute Gasteiger partial charge is 0.493 e. The van der Waals surface area contributed by atoms with Crippen molar-refractivity contribution in [2.45, 2.75) is 18.9 Å². The van der Waals surface area contributed by atoms with Crippen LogP contribution >= 0.6 is 0 Å². The Morgan fingerprint density at radius 1 is 1.04 bits per heavy atom. The van der Waals surface area contributed by atoms with E-state index in [1.54, 1.807) is 14.2 Å². The lowest BCUT2D eigenvalue weighted by molar-refractivity contribution is 0.0730. The van der Waals surface area contributed by atoms with E-state index in [1.165, 1.54) is 0 Å². The highest BCUT2D eigenvalue weighted by Gasteiger charge is 2.31. The summed E-state index contributed by atoms with van der Waals surface area (Å²) in [6.07, 6.45) is 1.90. The van der Waals surface area contributed by atoms with Crippen LogP contribution in [0.15, 0.2) is 54.6 Å². The van der Waals surface area contributed by atoms with Crippen LogP contribution in [-0.4, -0.2) is 36.6 Å². The van der Waals surface area contributed by atoms with Crippen LogP contribution in [-0.2, 0) is 0 Å². The number of aromatic nitrogens is 1. The molecule has 1 atom stereocenters. The molecule has 1 aromatic heterocycles. The standard InChI is InChI=1S/C22H22N2O3/c1-26-20-12-10-16(14-21(20)27-2)19-8-5-13-24(19)22(25)18-11-9-15-6-3-4-7-17(15)23-18/h3-4,6-7,9-12,14,19H,5,8,13H2,1-2H3/t19-/m1/s1. The van der Waals surface area contributed by atoms with Gasteiger partial charge in [-0.05, 0) is 42.7 Å². The highest BCUT2D eigenvalue weighted by molar-refractivity contribution is 5.95. The Morgan fingerprint density at radius 2 is 1.85 bits per heavy atom. The number of hydrogen-bond acceptors (Lipinski definition) is 4. The first-order valence-corrected chi connectivity index (χ1v) is 9.10. The number of carbonyl (C=O) groups is 1. The summed E-state index contributed by atoms with van der Waals surface area (Å²) >= 11 is 0. The summed E-state index contributed by atoms with van der Waals surface area (Å²) in [5.74, 6) is 1.34. The smallest absolute Gasteiger partial charge is 0.272 e. The monoisotopic (exact) mass is 362 g/mol. The summed E-state index contributed by atoms with van der Waals surface area (Å²) < 4.78 is 10.7. The quantitative estimate of drug-likeness (QED) is 0.697. The van der Waals surface area contributed by atoms with E-state index in [2.05, 4.69) is 4.98 Å². The van der Waals surface area contributed by atoms with E-state index in [9.17, 15) is 4.79 Å². The number of fused-ring (bicyclic) bond motifs is 1. The number of hydrogen-bond donors (Lipinski definition) is 0. The van der Waals surface area contributed by atoms with Crippen LogP contribution in [0.5, 0.6) is 11.5 Å². The fourth-order valence-electron chi connectivity index (χ4n) is 3.75. The van der Waals surface area contributed by atoms with E-state index in [0.29, 0.717) is 17.2 Å². The van der Waals surface area contributed by atoms with Crippen molar-refractivity contribution in [3.63, 3.8) is 0 Å². The molecule has 0 radical (unpaired) electrons. The van der Waals surface area contributed by atoms with E-state index >= 15 is 0 Å². The van der Waals surface area contributed by atoms with Gasteiger partial charge in [-0.3, -0.25) is 4.79 Å². The zero-order valence-electron chi connectivity index (χ0n) is 15.5. The summed E-state index contributed by atoms with van der Waals surface area (Å²) in [6.45, 7) is 0.729. The van der Waals surface area contributed by atoms with Gasteiger partial charge in [-0.2, -0.15) is 0 Å². The molecule has 0 unspecified atom stereocenters. The van der Waals surface area contributed by atoms with Crippen molar-refractivity contribution in [1.82, 2.24) is 9.88 Å². The van der Waals surface area contributed by atoms with Gasteiger partial charge in [0, 0.05) is 11.9 Å². The summed E-state index contributed by atoms with van der Waals surface area (Å²) in [5, 5.41) is 1.03. The molecule has 27 heavy (non-hydrogen) atoms. The molecule has 0 spiro atoms. The number of methoxy groups -OCH3 is 2. The highest BCUT2D eigenvalue weighted by Crippen LogP contribution is 2.37. The average Bonchev–Trinajstić information content (AvgIpc) is 3.22. The number of benzene rings is 2. The lowest BCUT2D eigenvalue weighted by Gasteiger charge is -2.25. The second kappa shape index (κ2) is 7.27. The van der Waals surface area contributed by atoms with Crippen molar-refractivity contribution >= 4 is 16.8 Å². The molecule has 1 amide bonds. The van der Waals surface area contributed by atoms with Crippen molar-refractivity contribution in [3.05, 3.63) is 65.9 Å². The lowest BCUT2D eigenvalue weighted by Crippen LogP contribution is -2.31. The number of ether oxygens (including phenoxy) is 2. The molecular weight excluding hydrogens is 340 g/mol. The minimum absolute atomic E-state index is 0.0191. The molecule has 0 N–H and O–H groups in total. The fourth-order valence-corrected chi connectivity index (χ4v) is 3.75. The Balaban J connectivity index is 1.65. The topological polar surface area (TPSA) is 51.7 Å². The summed E-state index contributed by atoms with van der Waals surface area (Å²) in [6, 6.07) is 17.5. The molecule has 2 heterocycles. The van der Waals surface area contributed by atoms with Crippen molar-refractivity contribution < 1.29 is 14.3 Å². The van der Waals surface area contributed by atoms with Crippen molar-refractivity contribution in [2.24, 2.45) is 0 Å². The van der Waals surface area contributed by atoms with E-state index in [1.807, 2.05) is 59.5 Å². The van der Waals surface area contributed by atoms with Crippen LogP contribution in [0.4, 0.5) is 0 Å². The van der Waals surface area contributed by atoms with Gasteiger partial charge in [0.2, 0.25) is 0 Å². The van der Waals surface area contributed by atoms with E-state index < -0.39 is 0 Å². The Hall–Kier alpha value is -3.08. The molecule has 1 aliphatic heterocycles. The maximum absolute atomic E-state index is 13.2. The van der Waals surface area contributed by atoms with E-state index in [-0.39, 0.29) is 11.9 Å². The molecule has 2 aromatic carbocycles. The molecule has 4 rings (SSSR count). The number of carbonyl (C=O) groups excluding carboxylic acids is 1.